The highest BCUT2D eigenvalue weighted by molar-refractivity contribution is 6.35. The molecule has 1 N–H and O–H groups in total. The van der Waals surface area contributed by atoms with Crippen LogP contribution in [0, 0.1) is 5.92 Å². The summed E-state index contributed by atoms with van der Waals surface area (Å²) in [6, 6.07) is 5.03. The molecule has 0 radical (unpaired) electrons. The normalized spacial score (nSPS) is 19.7. The van der Waals surface area contributed by atoms with Crippen molar-refractivity contribution in [3.05, 3.63) is 28.2 Å². The molecule has 0 saturated carbocycles. The van der Waals surface area contributed by atoms with Gasteiger partial charge in [0.15, 0.2) is 0 Å². The summed E-state index contributed by atoms with van der Waals surface area (Å²) >= 11 is 11.8. The van der Waals surface area contributed by atoms with E-state index in [1.807, 2.05) is 13.8 Å². The molecule has 1 heterocycles. The minimum absolute atomic E-state index is 0.0358. The third kappa shape index (κ3) is 3.89. The van der Waals surface area contributed by atoms with Crippen molar-refractivity contribution in [1.29, 1.82) is 0 Å². The Morgan fingerprint density at radius 1 is 1.38 bits per heavy atom. The lowest BCUT2D eigenvalue weighted by molar-refractivity contribution is -0.129. The number of carbonyl (C=O) groups is 2. The molecule has 0 aliphatic carbocycles. The lowest BCUT2D eigenvalue weighted by Gasteiger charge is -2.23. The zero-order valence-corrected chi connectivity index (χ0v) is 13.5. The summed E-state index contributed by atoms with van der Waals surface area (Å²) in [4.78, 5) is 26.0. The molecule has 2 rings (SSSR count). The van der Waals surface area contributed by atoms with Crippen LogP contribution in [0.4, 0.5) is 5.69 Å². The highest BCUT2D eigenvalue weighted by atomic mass is 35.5. The molecule has 1 fully saturated rings. The van der Waals surface area contributed by atoms with E-state index in [-0.39, 0.29) is 30.2 Å². The molecular weight excluding hydrogens is 311 g/mol. The molecule has 1 aliphatic rings. The molecule has 1 saturated heterocycles. The van der Waals surface area contributed by atoms with Crippen LogP contribution in [0.25, 0.3) is 0 Å². The lowest BCUT2D eigenvalue weighted by Crippen LogP contribution is -2.35. The Hall–Kier alpha value is -1.26. The average Bonchev–Trinajstić information content (AvgIpc) is 2.79. The molecule has 21 heavy (non-hydrogen) atoms. The summed E-state index contributed by atoms with van der Waals surface area (Å²) in [5.74, 6) is -0.467. The van der Waals surface area contributed by atoms with Gasteiger partial charge in [-0.05, 0) is 31.5 Å². The van der Waals surface area contributed by atoms with Gasteiger partial charge in [-0.15, -0.1) is 0 Å². The maximum absolute atomic E-state index is 12.3. The van der Waals surface area contributed by atoms with Crippen LogP contribution in [0.15, 0.2) is 18.2 Å². The molecule has 6 heteroatoms. The Labute approximate surface area is 134 Å². The fourth-order valence-corrected chi connectivity index (χ4v) is 2.95. The number of nitrogens with zero attached hydrogens (tertiary/aromatic N) is 1. The van der Waals surface area contributed by atoms with E-state index in [2.05, 4.69) is 5.32 Å². The predicted molar refractivity (Wildman–Crippen MR) is 84.7 cm³/mol. The predicted octanol–water partition coefficient (Wildman–Crippen LogP) is 3.58. The summed E-state index contributed by atoms with van der Waals surface area (Å²) in [5.41, 5.74) is 0.548. The first-order valence-corrected chi connectivity index (χ1v) is 7.72. The zero-order valence-electron chi connectivity index (χ0n) is 12.0. The topological polar surface area (TPSA) is 49.4 Å². The standard InChI is InChI=1S/C15H18Cl2N2O2/c1-3-9(2)19-8-10(4-14(19)20)15(21)18-13-6-11(16)5-12(17)7-13/h5-7,9-10H,3-4,8H2,1-2H3,(H,18,21). The summed E-state index contributed by atoms with van der Waals surface area (Å²) in [6.45, 7) is 4.49. The van der Waals surface area contributed by atoms with Crippen LogP contribution in [-0.4, -0.2) is 29.3 Å². The Kier molecular flexibility index (Phi) is 5.12. The summed E-state index contributed by atoms with van der Waals surface area (Å²) < 4.78 is 0. The van der Waals surface area contributed by atoms with Crippen molar-refractivity contribution in [1.82, 2.24) is 4.90 Å². The second kappa shape index (κ2) is 6.67. The van der Waals surface area contributed by atoms with Crippen LogP contribution < -0.4 is 5.32 Å². The molecule has 1 aliphatic heterocycles. The fraction of sp³-hybridized carbons (Fsp3) is 0.467. The number of hydrogen-bond donors (Lipinski definition) is 1. The second-order valence-electron chi connectivity index (χ2n) is 5.35. The average molecular weight is 329 g/mol. The minimum Gasteiger partial charge on any atom is -0.339 e. The van der Waals surface area contributed by atoms with Crippen LogP contribution in [0.2, 0.25) is 10.0 Å². The highest BCUT2D eigenvalue weighted by Crippen LogP contribution is 2.25. The van der Waals surface area contributed by atoms with Crippen molar-refractivity contribution in [3.63, 3.8) is 0 Å². The number of rotatable bonds is 4. The number of halogens is 2. The molecule has 114 valence electrons. The highest BCUT2D eigenvalue weighted by Gasteiger charge is 2.36. The number of amides is 2. The molecule has 2 unspecified atom stereocenters. The number of benzene rings is 1. The van der Waals surface area contributed by atoms with Crippen LogP contribution in [0.1, 0.15) is 26.7 Å². The van der Waals surface area contributed by atoms with Gasteiger partial charge < -0.3 is 10.2 Å². The smallest absolute Gasteiger partial charge is 0.229 e. The van der Waals surface area contributed by atoms with E-state index >= 15 is 0 Å². The lowest BCUT2D eigenvalue weighted by atomic mass is 10.1. The molecule has 0 spiro atoms. The maximum Gasteiger partial charge on any atom is 0.229 e. The van der Waals surface area contributed by atoms with E-state index in [1.165, 1.54) is 0 Å². The van der Waals surface area contributed by atoms with Gasteiger partial charge in [0.1, 0.15) is 0 Å². The number of nitrogens with one attached hydrogen (secondary N) is 1. The van der Waals surface area contributed by atoms with E-state index in [4.69, 9.17) is 23.2 Å². The van der Waals surface area contributed by atoms with Crippen molar-refractivity contribution in [2.75, 3.05) is 11.9 Å². The van der Waals surface area contributed by atoms with Crippen molar-refractivity contribution >= 4 is 40.7 Å². The Morgan fingerprint density at radius 3 is 2.57 bits per heavy atom. The Balaban J connectivity index is 2.03. The largest absolute Gasteiger partial charge is 0.339 e. The van der Waals surface area contributed by atoms with Crippen molar-refractivity contribution < 1.29 is 9.59 Å². The van der Waals surface area contributed by atoms with E-state index in [1.54, 1.807) is 23.1 Å². The third-order valence-corrected chi connectivity index (χ3v) is 4.22. The molecule has 4 nitrogen and oxygen atoms in total. The van der Waals surface area contributed by atoms with Gasteiger partial charge in [-0.25, -0.2) is 0 Å². The minimum atomic E-state index is -0.329. The number of likely N-dealkylation sites (tertiary alicyclic amines) is 1. The van der Waals surface area contributed by atoms with Crippen molar-refractivity contribution in [3.8, 4) is 0 Å². The van der Waals surface area contributed by atoms with Gasteiger partial charge in [0.25, 0.3) is 0 Å². The quantitative estimate of drug-likeness (QED) is 0.918. The molecule has 2 amide bonds. The fourth-order valence-electron chi connectivity index (χ4n) is 2.42. The van der Waals surface area contributed by atoms with Crippen molar-refractivity contribution in [2.24, 2.45) is 5.92 Å². The van der Waals surface area contributed by atoms with E-state index in [0.717, 1.165) is 6.42 Å². The first kappa shape index (κ1) is 16.1. The van der Waals surface area contributed by atoms with E-state index < -0.39 is 0 Å². The maximum atomic E-state index is 12.3. The number of carbonyl (C=O) groups excluding carboxylic acids is 2. The summed E-state index contributed by atoms with van der Waals surface area (Å²) in [6.07, 6.45) is 1.13. The summed E-state index contributed by atoms with van der Waals surface area (Å²) in [7, 11) is 0. The molecule has 2 atom stereocenters. The SMILES string of the molecule is CCC(C)N1CC(C(=O)Nc2cc(Cl)cc(Cl)c2)CC1=O. The van der Waals surface area contributed by atoms with E-state index in [9.17, 15) is 9.59 Å². The number of anilines is 1. The van der Waals surface area contributed by atoms with Gasteiger partial charge in [-0.3, -0.25) is 9.59 Å². The van der Waals surface area contributed by atoms with Gasteiger partial charge in [0.2, 0.25) is 11.8 Å². The monoisotopic (exact) mass is 328 g/mol. The van der Waals surface area contributed by atoms with Gasteiger partial charge in [0.05, 0.1) is 5.92 Å². The van der Waals surface area contributed by atoms with Gasteiger partial charge in [-0.1, -0.05) is 30.1 Å². The Bertz CT molecular complexity index is 542. The van der Waals surface area contributed by atoms with Gasteiger partial charge in [-0.2, -0.15) is 0 Å². The first-order chi connectivity index (χ1) is 9.90. The van der Waals surface area contributed by atoms with Gasteiger partial charge >= 0.3 is 0 Å². The molecule has 0 bridgehead atoms. The Morgan fingerprint density at radius 2 is 2.00 bits per heavy atom. The second-order valence-corrected chi connectivity index (χ2v) is 6.22. The molecule has 1 aromatic rings. The van der Waals surface area contributed by atoms with E-state index in [0.29, 0.717) is 22.3 Å². The molecular formula is C15H18Cl2N2O2. The van der Waals surface area contributed by atoms with Crippen molar-refractivity contribution in [2.45, 2.75) is 32.7 Å². The van der Waals surface area contributed by atoms with Crippen LogP contribution >= 0.6 is 23.2 Å². The first-order valence-electron chi connectivity index (χ1n) is 6.97. The zero-order chi connectivity index (χ0) is 15.6. The van der Waals surface area contributed by atoms with Gasteiger partial charge in [0, 0.05) is 34.7 Å². The molecule has 0 aromatic heterocycles. The molecule has 1 aromatic carbocycles. The van der Waals surface area contributed by atoms with Crippen LogP contribution in [0.3, 0.4) is 0 Å². The number of hydrogen-bond acceptors (Lipinski definition) is 2. The van der Waals surface area contributed by atoms with Crippen LogP contribution in [-0.2, 0) is 9.59 Å². The third-order valence-electron chi connectivity index (χ3n) is 3.78. The van der Waals surface area contributed by atoms with Crippen LogP contribution in [0.5, 0.6) is 0 Å². The summed E-state index contributed by atoms with van der Waals surface area (Å²) in [5, 5.41) is 3.70.